The lowest BCUT2D eigenvalue weighted by molar-refractivity contribution is 0.0952. The van der Waals surface area contributed by atoms with Gasteiger partial charge in [0.2, 0.25) is 0 Å². The average molecular weight is 501 g/mol. The van der Waals surface area contributed by atoms with Crippen molar-refractivity contribution in [2.45, 2.75) is 64.6 Å². The standard InChI is InChI=1S/C26H31F3N6O/c1-5-19-15-34(24-13-25(36)32(4)23-12-18(9-10-30)31-35(23)24)20(6-2)14-33(19)16(3)21-8-7-17(27)11-22(21)26(28)29/h7-8,11-13,16,19-20,26H,5-6,9,14-15H2,1-4H3/t16?,19-,20+/m1/s1. The normalized spacial score (nSPS) is 19.7. The smallest absolute Gasteiger partial charge is 0.264 e. The van der Waals surface area contributed by atoms with Crippen LogP contribution >= 0.6 is 0 Å². The summed E-state index contributed by atoms with van der Waals surface area (Å²) in [6.45, 7) is 7.14. The molecule has 2 aromatic heterocycles. The summed E-state index contributed by atoms with van der Waals surface area (Å²) in [5, 5.41) is 13.7. The molecule has 0 amide bonds. The fraction of sp³-hybridized carbons (Fsp3) is 0.500. The number of alkyl halides is 2. The van der Waals surface area contributed by atoms with Gasteiger partial charge in [-0.1, -0.05) is 19.9 Å². The zero-order chi connectivity index (χ0) is 26.1. The van der Waals surface area contributed by atoms with Crippen LogP contribution in [0, 0.1) is 17.1 Å². The van der Waals surface area contributed by atoms with Crippen LogP contribution in [-0.2, 0) is 13.5 Å². The molecule has 0 spiro atoms. The Hall–Kier alpha value is -3.32. The molecule has 0 N–H and O–H groups in total. The Balaban J connectivity index is 1.74. The van der Waals surface area contributed by atoms with Crippen LogP contribution in [0.3, 0.4) is 0 Å². The van der Waals surface area contributed by atoms with E-state index in [9.17, 15) is 18.0 Å². The Labute approximate surface area is 208 Å². The van der Waals surface area contributed by atoms with Gasteiger partial charge >= 0.3 is 0 Å². The third kappa shape index (κ3) is 4.60. The molecule has 3 aromatic rings. The minimum Gasteiger partial charge on any atom is -0.351 e. The SMILES string of the molecule is CC[C@H]1CN(C(C)c2ccc(F)cc2C(F)F)[C@H](CC)CN1c1cc(=O)n(C)c2cc(CC#N)nn12. The van der Waals surface area contributed by atoms with Crippen LogP contribution in [0.4, 0.5) is 19.0 Å². The molecule has 0 radical (unpaired) electrons. The van der Waals surface area contributed by atoms with E-state index in [1.807, 2.05) is 13.8 Å². The molecule has 0 bridgehead atoms. The van der Waals surface area contributed by atoms with Crippen molar-refractivity contribution in [2.24, 2.45) is 7.05 Å². The van der Waals surface area contributed by atoms with Crippen molar-refractivity contribution in [3.8, 4) is 6.07 Å². The first kappa shape index (κ1) is 25.8. The van der Waals surface area contributed by atoms with E-state index in [4.69, 9.17) is 5.26 Å². The highest BCUT2D eigenvalue weighted by Crippen LogP contribution is 2.36. The largest absolute Gasteiger partial charge is 0.351 e. The molecular formula is C26H31F3N6O. The first-order chi connectivity index (χ1) is 17.2. The highest BCUT2D eigenvalue weighted by Gasteiger charge is 2.37. The van der Waals surface area contributed by atoms with E-state index >= 15 is 0 Å². The Morgan fingerprint density at radius 1 is 1.11 bits per heavy atom. The second kappa shape index (κ2) is 10.3. The quantitative estimate of drug-likeness (QED) is 0.474. The number of anilines is 1. The summed E-state index contributed by atoms with van der Waals surface area (Å²) in [6.07, 6.45) is -1.11. The Morgan fingerprint density at radius 3 is 2.47 bits per heavy atom. The molecule has 1 unspecified atom stereocenters. The van der Waals surface area contributed by atoms with Crippen molar-refractivity contribution >= 4 is 11.5 Å². The molecule has 36 heavy (non-hydrogen) atoms. The number of aryl methyl sites for hydroxylation is 1. The molecular weight excluding hydrogens is 469 g/mol. The monoisotopic (exact) mass is 500 g/mol. The molecule has 0 saturated carbocycles. The van der Waals surface area contributed by atoms with Crippen LogP contribution in [0.1, 0.15) is 62.9 Å². The first-order valence-corrected chi connectivity index (χ1v) is 12.3. The molecule has 4 rings (SSSR count). The highest BCUT2D eigenvalue weighted by atomic mass is 19.3. The maximum absolute atomic E-state index is 13.8. The number of piperazine rings is 1. The third-order valence-electron chi connectivity index (χ3n) is 7.35. The number of rotatable bonds is 7. The molecule has 0 aliphatic carbocycles. The second-order valence-electron chi connectivity index (χ2n) is 9.36. The van der Waals surface area contributed by atoms with Crippen LogP contribution in [0.2, 0.25) is 0 Å². The van der Waals surface area contributed by atoms with E-state index < -0.39 is 12.2 Å². The molecule has 3 heterocycles. The lowest BCUT2D eigenvalue weighted by atomic mass is 9.94. The van der Waals surface area contributed by atoms with Gasteiger partial charge in [0.25, 0.3) is 12.0 Å². The van der Waals surface area contributed by atoms with Gasteiger partial charge in [0.1, 0.15) is 17.3 Å². The lowest BCUT2D eigenvalue weighted by Crippen LogP contribution is -2.59. The molecule has 3 atom stereocenters. The zero-order valence-electron chi connectivity index (χ0n) is 21.0. The summed E-state index contributed by atoms with van der Waals surface area (Å²) >= 11 is 0. The average Bonchev–Trinajstić information content (AvgIpc) is 3.29. The molecule has 1 aliphatic heterocycles. The van der Waals surface area contributed by atoms with Gasteiger partial charge in [-0.15, -0.1) is 0 Å². The fourth-order valence-electron chi connectivity index (χ4n) is 5.31. The van der Waals surface area contributed by atoms with Crippen LogP contribution in [-0.4, -0.2) is 44.3 Å². The maximum Gasteiger partial charge on any atom is 0.264 e. The first-order valence-electron chi connectivity index (χ1n) is 12.3. The van der Waals surface area contributed by atoms with E-state index in [0.717, 1.165) is 18.9 Å². The van der Waals surface area contributed by atoms with Gasteiger partial charge in [0.05, 0.1) is 18.2 Å². The van der Waals surface area contributed by atoms with Crippen molar-refractivity contribution in [1.82, 2.24) is 19.1 Å². The summed E-state index contributed by atoms with van der Waals surface area (Å²) in [5.74, 6) is -0.0147. The van der Waals surface area contributed by atoms with Gasteiger partial charge in [-0.25, -0.2) is 17.7 Å². The van der Waals surface area contributed by atoms with Crippen molar-refractivity contribution in [3.05, 3.63) is 63.3 Å². The van der Waals surface area contributed by atoms with E-state index in [2.05, 4.69) is 27.9 Å². The van der Waals surface area contributed by atoms with Crippen molar-refractivity contribution in [1.29, 1.82) is 5.26 Å². The number of nitrogens with zero attached hydrogens (tertiary/aromatic N) is 6. The molecule has 7 nitrogen and oxygen atoms in total. The second-order valence-corrected chi connectivity index (χ2v) is 9.36. The number of benzene rings is 1. The van der Waals surface area contributed by atoms with Crippen LogP contribution in [0.15, 0.2) is 35.1 Å². The molecule has 1 aromatic carbocycles. The maximum atomic E-state index is 13.8. The molecule has 192 valence electrons. The molecule has 10 heteroatoms. The summed E-state index contributed by atoms with van der Waals surface area (Å²) < 4.78 is 44.5. The summed E-state index contributed by atoms with van der Waals surface area (Å²) in [4.78, 5) is 17.2. The van der Waals surface area contributed by atoms with Gasteiger partial charge in [0.15, 0.2) is 0 Å². The predicted molar refractivity (Wildman–Crippen MR) is 132 cm³/mol. The van der Waals surface area contributed by atoms with Gasteiger partial charge in [-0.05, 0) is 37.5 Å². The zero-order valence-corrected chi connectivity index (χ0v) is 21.0. The van der Waals surface area contributed by atoms with Crippen LogP contribution < -0.4 is 10.5 Å². The van der Waals surface area contributed by atoms with Gasteiger partial charge < -0.3 is 4.90 Å². The summed E-state index contributed by atoms with van der Waals surface area (Å²) in [6, 6.07) is 8.71. The number of halogens is 3. The van der Waals surface area contributed by atoms with Crippen LogP contribution in [0.5, 0.6) is 0 Å². The fourth-order valence-corrected chi connectivity index (χ4v) is 5.31. The van der Waals surface area contributed by atoms with Gasteiger partial charge in [0, 0.05) is 56.0 Å². The molecule has 1 fully saturated rings. The lowest BCUT2D eigenvalue weighted by Gasteiger charge is -2.49. The number of hydrogen-bond acceptors (Lipinski definition) is 5. The Morgan fingerprint density at radius 2 is 1.83 bits per heavy atom. The minimum absolute atomic E-state index is 0.00613. The van der Waals surface area contributed by atoms with E-state index in [1.54, 1.807) is 23.7 Å². The Kier molecular flexibility index (Phi) is 7.41. The van der Waals surface area contributed by atoms with E-state index in [1.165, 1.54) is 16.7 Å². The third-order valence-corrected chi connectivity index (χ3v) is 7.35. The van der Waals surface area contributed by atoms with Crippen molar-refractivity contribution < 1.29 is 13.2 Å². The highest BCUT2D eigenvalue weighted by molar-refractivity contribution is 5.52. The van der Waals surface area contributed by atoms with Crippen molar-refractivity contribution in [3.63, 3.8) is 0 Å². The minimum atomic E-state index is -2.77. The number of aromatic nitrogens is 3. The van der Waals surface area contributed by atoms with E-state index in [-0.39, 0.29) is 35.7 Å². The van der Waals surface area contributed by atoms with Crippen molar-refractivity contribution in [2.75, 3.05) is 18.0 Å². The van der Waals surface area contributed by atoms with E-state index in [0.29, 0.717) is 35.8 Å². The van der Waals surface area contributed by atoms with Crippen LogP contribution in [0.25, 0.3) is 5.65 Å². The number of fused-ring (bicyclic) bond motifs is 1. The van der Waals surface area contributed by atoms with Gasteiger partial charge in [-0.2, -0.15) is 10.4 Å². The Bertz CT molecular complexity index is 1340. The summed E-state index contributed by atoms with van der Waals surface area (Å²) in [7, 11) is 1.67. The topological polar surface area (TPSA) is 69.6 Å². The number of nitriles is 1. The summed E-state index contributed by atoms with van der Waals surface area (Å²) in [5.41, 5.74) is 1.17. The number of hydrogen-bond donors (Lipinski definition) is 0. The van der Waals surface area contributed by atoms with Gasteiger partial charge in [-0.3, -0.25) is 14.3 Å². The molecule has 1 saturated heterocycles. The molecule has 1 aliphatic rings. The predicted octanol–water partition coefficient (Wildman–Crippen LogP) is 4.62.